The van der Waals surface area contributed by atoms with E-state index < -0.39 is 0 Å². The van der Waals surface area contributed by atoms with Gasteiger partial charge in [0.05, 0.1) is 6.54 Å². The van der Waals surface area contributed by atoms with Crippen LogP contribution in [0.4, 0.5) is 5.69 Å². The lowest BCUT2D eigenvalue weighted by atomic mass is 10.2. The van der Waals surface area contributed by atoms with Crippen molar-refractivity contribution in [1.29, 1.82) is 0 Å². The first-order valence-corrected chi connectivity index (χ1v) is 6.86. The minimum absolute atomic E-state index is 0.497. The van der Waals surface area contributed by atoms with E-state index in [9.17, 15) is 0 Å². The third-order valence-electron chi connectivity index (χ3n) is 3.60. The summed E-state index contributed by atoms with van der Waals surface area (Å²) in [6.45, 7) is 2.83. The molecule has 1 atom stereocenters. The van der Waals surface area contributed by atoms with Gasteiger partial charge in [0.1, 0.15) is 0 Å². The number of nitrogens with zero attached hydrogens (tertiary/aromatic N) is 2. The van der Waals surface area contributed by atoms with Crippen LogP contribution in [0.5, 0.6) is 0 Å². The van der Waals surface area contributed by atoms with Crippen molar-refractivity contribution in [3.63, 3.8) is 0 Å². The highest BCUT2D eigenvalue weighted by Crippen LogP contribution is 2.34. The van der Waals surface area contributed by atoms with E-state index in [1.54, 1.807) is 0 Å². The van der Waals surface area contributed by atoms with Gasteiger partial charge in [-0.05, 0) is 51.9 Å². The van der Waals surface area contributed by atoms with E-state index in [-0.39, 0.29) is 0 Å². The van der Waals surface area contributed by atoms with Gasteiger partial charge in [-0.2, -0.15) is 0 Å². The lowest BCUT2D eigenvalue weighted by Crippen LogP contribution is -2.34. The van der Waals surface area contributed by atoms with E-state index in [4.69, 9.17) is 5.73 Å². The van der Waals surface area contributed by atoms with Crippen molar-refractivity contribution in [2.45, 2.75) is 25.8 Å². The van der Waals surface area contributed by atoms with Gasteiger partial charge in [-0.25, -0.2) is 0 Å². The highest BCUT2D eigenvalue weighted by Gasteiger charge is 2.32. The molecule has 1 aliphatic rings. The number of nitrogens with two attached hydrogens (primary N) is 1. The van der Waals surface area contributed by atoms with Gasteiger partial charge in [-0.3, -0.25) is 4.99 Å². The molecule has 1 aromatic carbocycles. The molecule has 0 aromatic heterocycles. The van der Waals surface area contributed by atoms with Gasteiger partial charge in [0, 0.05) is 11.7 Å². The topological polar surface area (TPSA) is 53.6 Å². The highest BCUT2D eigenvalue weighted by molar-refractivity contribution is 5.92. The number of likely N-dealkylation sites (N-methyl/N-ethyl adjacent to an activating group) is 1. The molecule has 104 valence electrons. The number of hydrogen-bond donors (Lipinski definition) is 2. The van der Waals surface area contributed by atoms with Crippen molar-refractivity contribution in [2.75, 3.05) is 26.0 Å². The Morgan fingerprint density at radius 3 is 2.53 bits per heavy atom. The fourth-order valence-electron chi connectivity index (χ4n) is 2.23. The molecule has 1 aliphatic carbocycles. The largest absolute Gasteiger partial charge is 0.370 e. The van der Waals surface area contributed by atoms with Gasteiger partial charge in [-0.1, -0.05) is 17.7 Å². The number of anilines is 1. The zero-order chi connectivity index (χ0) is 13.8. The molecule has 0 heterocycles. The summed E-state index contributed by atoms with van der Waals surface area (Å²) in [6.07, 6.45) is 2.65. The van der Waals surface area contributed by atoms with Crippen LogP contribution in [0.3, 0.4) is 0 Å². The Balaban J connectivity index is 1.89. The van der Waals surface area contributed by atoms with Gasteiger partial charge < -0.3 is 16.0 Å². The number of rotatable bonds is 5. The minimum atomic E-state index is 0.497. The Morgan fingerprint density at radius 2 is 2.00 bits per heavy atom. The number of benzene rings is 1. The van der Waals surface area contributed by atoms with Gasteiger partial charge >= 0.3 is 0 Å². The van der Waals surface area contributed by atoms with E-state index in [0.29, 0.717) is 12.0 Å². The second-order valence-corrected chi connectivity index (χ2v) is 5.59. The molecule has 0 bridgehead atoms. The molecule has 4 nitrogen and oxygen atoms in total. The van der Waals surface area contributed by atoms with E-state index >= 15 is 0 Å². The van der Waals surface area contributed by atoms with Crippen LogP contribution < -0.4 is 11.1 Å². The lowest BCUT2D eigenvalue weighted by Gasteiger charge is -2.22. The standard InChI is InChI=1S/C15H24N4/c1-11-4-8-13(9-5-11)18-15(16)17-10-14(19(2)3)12-6-7-12/h4-5,8-9,12,14H,6-7,10H2,1-3H3,(H3,16,17,18). The molecular formula is C15H24N4. The van der Waals surface area contributed by atoms with E-state index in [1.807, 2.05) is 12.1 Å². The van der Waals surface area contributed by atoms with Gasteiger partial charge in [0.2, 0.25) is 0 Å². The van der Waals surface area contributed by atoms with Gasteiger partial charge in [0.15, 0.2) is 5.96 Å². The van der Waals surface area contributed by atoms with Crippen molar-refractivity contribution in [1.82, 2.24) is 4.90 Å². The van der Waals surface area contributed by atoms with Crippen molar-refractivity contribution in [3.05, 3.63) is 29.8 Å². The number of aliphatic imine (C=N–C) groups is 1. The van der Waals surface area contributed by atoms with Crippen LogP contribution in [0, 0.1) is 12.8 Å². The second-order valence-electron chi connectivity index (χ2n) is 5.59. The van der Waals surface area contributed by atoms with Crippen molar-refractivity contribution in [2.24, 2.45) is 16.6 Å². The maximum absolute atomic E-state index is 5.93. The SMILES string of the molecule is Cc1ccc(NC(N)=NCC(C2CC2)N(C)C)cc1. The van der Waals surface area contributed by atoms with E-state index in [0.717, 1.165) is 18.2 Å². The molecule has 2 rings (SSSR count). The summed E-state index contributed by atoms with van der Waals surface area (Å²) in [7, 11) is 4.23. The maximum Gasteiger partial charge on any atom is 0.193 e. The quantitative estimate of drug-likeness (QED) is 0.629. The molecule has 19 heavy (non-hydrogen) atoms. The Labute approximate surface area is 115 Å². The third-order valence-corrected chi connectivity index (χ3v) is 3.60. The molecule has 0 radical (unpaired) electrons. The maximum atomic E-state index is 5.93. The zero-order valence-electron chi connectivity index (χ0n) is 12.1. The van der Waals surface area contributed by atoms with Crippen LogP contribution in [0.15, 0.2) is 29.3 Å². The first kappa shape index (κ1) is 13.9. The van der Waals surface area contributed by atoms with Gasteiger partial charge in [-0.15, -0.1) is 0 Å². The molecule has 0 amide bonds. The second kappa shape index (κ2) is 6.06. The van der Waals surface area contributed by atoms with Crippen LogP contribution in [-0.2, 0) is 0 Å². The highest BCUT2D eigenvalue weighted by atomic mass is 15.2. The fourth-order valence-corrected chi connectivity index (χ4v) is 2.23. The Hall–Kier alpha value is -1.55. The summed E-state index contributed by atoms with van der Waals surface area (Å²) >= 11 is 0. The normalized spacial score (nSPS) is 17.6. The number of aryl methyl sites for hydroxylation is 1. The molecule has 0 saturated heterocycles. The van der Waals surface area contributed by atoms with Crippen LogP contribution in [0.1, 0.15) is 18.4 Å². The van der Waals surface area contributed by atoms with Gasteiger partial charge in [0.25, 0.3) is 0 Å². The number of guanidine groups is 1. The average Bonchev–Trinajstić information content (AvgIpc) is 3.16. The molecule has 1 unspecified atom stereocenters. The summed E-state index contributed by atoms with van der Waals surface area (Å²) in [5.41, 5.74) is 8.16. The molecule has 4 heteroatoms. The number of hydrogen-bond acceptors (Lipinski definition) is 2. The van der Waals surface area contributed by atoms with E-state index in [1.165, 1.54) is 18.4 Å². The Kier molecular flexibility index (Phi) is 4.43. The van der Waals surface area contributed by atoms with E-state index in [2.05, 4.69) is 48.4 Å². The van der Waals surface area contributed by atoms with Crippen LogP contribution in [0.25, 0.3) is 0 Å². The lowest BCUT2D eigenvalue weighted by molar-refractivity contribution is 0.271. The number of nitrogens with one attached hydrogen (secondary N) is 1. The summed E-state index contributed by atoms with van der Waals surface area (Å²) in [5, 5.41) is 3.13. The van der Waals surface area contributed by atoms with Crippen LogP contribution in [-0.4, -0.2) is 37.5 Å². The average molecular weight is 260 g/mol. The summed E-state index contributed by atoms with van der Waals surface area (Å²) in [4.78, 5) is 6.72. The molecule has 0 spiro atoms. The molecule has 1 fully saturated rings. The molecule has 3 N–H and O–H groups in total. The Morgan fingerprint density at radius 1 is 1.37 bits per heavy atom. The van der Waals surface area contributed by atoms with Crippen molar-refractivity contribution in [3.8, 4) is 0 Å². The van der Waals surface area contributed by atoms with Crippen LogP contribution in [0.2, 0.25) is 0 Å². The summed E-state index contributed by atoms with van der Waals surface area (Å²) < 4.78 is 0. The minimum Gasteiger partial charge on any atom is -0.370 e. The predicted molar refractivity (Wildman–Crippen MR) is 81.5 cm³/mol. The predicted octanol–water partition coefficient (Wildman–Crippen LogP) is 2.06. The molecule has 1 aromatic rings. The zero-order valence-corrected chi connectivity index (χ0v) is 12.1. The Bertz CT molecular complexity index is 430. The summed E-state index contributed by atoms with van der Waals surface area (Å²) in [5.74, 6) is 1.29. The van der Waals surface area contributed by atoms with Crippen molar-refractivity contribution >= 4 is 11.6 Å². The van der Waals surface area contributed by atoms with Crippen molar-refractivity contribution < 1.29 is 0 Å². The molecular weight excluding hydrogens is 236 g/mol. The monoisotopic (exact) mass is 260 g/mol. The third kappa shape index (κ3) is 4.24. The first-order chi connectivity index (χ1) is 9.06. The molecule has 0 aliphatic heterocycles. The smallest absolute Gasteiger partial charge is 0.193 e. The molecule has 1 saturated carbocycles. The summed E-state index contributed by atoms with van der Waals surface area (Å²) in [6, 6.07) is 8.66. The van der Waals surface area contributed by atoms with Crippen LogP contribution >= 0.6 is 0 Å². The first-order valence-electron chi connectivity index (χ1n) is 6.86. The fraction of sp³-hybridized carbons (Fsp3) is 0.533.